The van der Waals surface area contributed by atoms with Crippen LogP contribution in [0.5, 0.6) is 5.75 Å². The second-order valence-electron chi connectivity index (χ2n) is 6.40. The third-order valence-electron chi connectivity index (χ3n) is 4.35. The number of nitrogens with two attached hydrogens (primary N) is 1. The number of nitrogens with one attached hydrogen (secondary N) is 1. The normalized spacial score (nSPS) is 21.4. The fourth-order valence-corrected chi connectivity index (χ4v) is 2.61. The first-order valence-corrected chi connectivity index (χ1v) is 7.98. The van der Waals surface area contributed by atoms with Gasteiger partial charge in [0.15, 0.2) is 0 Å². The van der Waals surface area contributed by atoms with Crippen molar-refractivity contribution in [3.63, 3.8) is 0 Å². The Balaban J connectivity index is 0.00000192. The predicted octanol–water partition coefficient (Wildman–Crippen LogP) is 2.08. The lowest BCUT2D eigenvalue weighted by atomic mass is 10.1. The number of ether oxygens (including phenoxy) is 2. The number of benzene rings is 1. The molecule has 6 heteroatoms. The molecule has 1 amide bonds. The molecular formula is C17H25ClN2O3. The van der Waals surface area contributed by atoms with Gasteiger partial charge in [-0.15, -0.1) is 12.4 Å². The summed E-state index contributed by atoms with van der Waals surface area (Å²) < 4.78 is 11.5. The zero-order valence-electron chi connectivity index (χ0n) is 13.5. The largest absolute Gasteiger partial charge is 0.491 e. The Hall–Kier alpha value is -1.30. The lowest BCUT2D eigenvalue weighted by molar-refractivity contribution is -0.123. The molecule has 1 saturated heterocycles. The van der Waals surface area contributed by atoms with Crippen LogP contribution in [0.2, 0.25) is 0 Å². The zero-order chi connectivity index (χ0) is 15.6. The second kappa shape index (κ2) is 7.51. The summed E-state index contributed by atoms with van der Waals surface area (Å²) in [5.41, 5.74) is 7.37. The SMILES string of the molecule is Cc1ccc(CNC(=O)C2(N)CC2)c(OCC2CCCO2)c1.Cl. The predicted molar refractivity (Wildman–Crippen MR) is 90.9 cm³/mol. The van der Waals surface area contributed by atoms with Crippen LogP contribution in [0.25, 0.3) is 0 Å². The van der Waals surface area contributed by atoms with Crippen LogP contribution < -0.4 is 15.8 Å². The Morgan fingerprint density at radius 1 is 1.48 bits per heavy atom. The van der Waals surface area contributed by atoms with Crippen LogP contribution in [-0.2, 0) is 16.1 Å². The van der Waals surface area contributed by atoms with Crippen molar-refractivity contribution in [1.29, 1.82) is 0 Å². The van der Waals surface area contributed by atoms with E-state index in [0.29, 0.717) is 13.2 Å². The van der Waals surface area contributed by atoms with Crippen LogP contribution in [0.4, 0.5) is 0 Å². The molecular weight excluding hydrogens is 316 g/mol. The van der Waals surface area contributed by atoms with Crippen molar-refractivity contribution >= 4 is 18.3 Å². The van der Waals surface area contributed by atoms with Crippen LogP contribution >= 0.6 is 12.4 Å². The lowest BCUT2D eigenvalue weighted by Gasteiger charge is -2.16. The van der Waals surface area contributed by atoms with E-state index < -0.39 is 5.54 Å². The molecule has 1 unspecified atom stereocenters. The summed E-state index contributed by atoms with van der Waals surface area (Å²) in [7, 11) is 0. The first-order valence-electron chi connectivity index (χ1n) is 7.98. The monoisotopic (exact) mass is 340 g/mol. The van der Waals surface area contributed by atoms with Gasteiger partial charge in [0.1, 0.15) is 12.4 Å². The maximum atomic E-state index is 11.9. The van der Waals surface area contributed by atoms with Gasteiger partial charge in [-0.2, -0.15) is 0 Å². The first-order chi connectivity index (χ1) is 10.6. The number of amides is 1. The molecule has 0 spiro atoms. The minimum atomic E-state index is -0.636. The van der Waals surface area contributed by atoms with Gasteiger partial charge < -0.3 is 20.5 Å². The summed E-state index contributed by atoms with van der Waals surface area (Å²) in [6, 6.07) is 6.03. The Kier molecular flexibility index (Phi) is 5.89. The van der Waals surface area contributed by atoms with Crippen LogP contribution in [0.15, 0.2) is 18.2 Å². The van der Waals surface area contributed by atoms with Crippen LogP contribution in [-0.4, -0.2) is 30.8 Å². The average molecular weight is 341 g/mol. The molecule has 5 nitrogen and oxygen atoms in total. The molecule has 2 fully saturated rings. The molecule has 1 saturated carbocycles. The third-order valence-corrected chi connectivity index (χ3v) is 4.35. The van der Waals surface area contributed by atoms with Crippen molar-refractivity contribution in [3.05, 3.63) is 29.3 Å². The van der Waals surface area contributed by atoms with Crippen LogP contribution in [0.1, 0.15) is 36.8 Å². The summed E-state index contributed by atoms with van der Waals surface area (Å²) in [6.07, 6.45) is 3.88. The molecule has 23 heavy (non-hydrogen) atoms. The summed E-state index contributed by atoms with van der Waals surface area (Å²) in [5.74, 6) is 0.746. The van der Waals surface area contributed by atoms with Gasteiger partial charge in [-0.1, -0.05) is 12.1 Å². The lowest BCUT2D eigenvalue weighted by Crippen LogP contribution is -2.42. The molecule has 1 aliphatic carbocycles. The number of halogens is 1. The number of rotatable bonds is 6. The number of aryl methyl sites for hydroxylation is 1. The summed E-state index contributed by atoms with van der Waals surface area (Å²) in [4.78, 5) is 11.9. The summed E-state index contributed by atoms with van der Waals surface area (Å²) in [6.45, 7) is 3.86. The van der Waals surface area contributed by atoms with E-state index in [1.165, 1.54) is 0 Å². The van der Waals surface area contributed by atoms with E-state index in [-0.39, 0.29) is 24.4 Å². The molecule has 3 N–H and O–H groups in total. The Bertz CT molecular complexity index is 555. The Labute approximate surface area is 143 Å². The van der Waals surface area contributed by atoms with Crippen molar-refractivity contribution in [2.75, 3.05) is 13.2 Å². The van der Waals surface area contributed by atoms with Crippen LogP contribution in [0.3, 0.4) is 0 Å². The highest BCUT2D eigenvalue weighted by Crippen LogP contribution is 2.32. The average Bonchev–Trinajstić information content (AvgIpc) is 3.05. The van der Waals surface area contributed by atoms with E-state index in [0.717, 1.165) is 49.2 Å². The minimum absolute atomic E-state index is 0. The topological polar surface area (TPSA) is 73.6 Å². The number of carbonyl (C=O) groups is 1. The molecule has 0 bridgehead atoms. The summed E-state index contributed by atoms with van der Waals surface area (Å²) in [5, 5.41) is 2.91. The first kappa shape index (κ1) is 18.0. The highest BCUT2D eigenvalue weighted by atomic mass is 35.5. The molecule has 1 aromatic carbocycles. The fraction of sp³-hybridized carbons (Fsp3) is 0.588. The Morgan fingerprint density at radius 3 is 2.91 bits per heavy atom. The van der Waals surface area contributed by atoms with E-state index in [4.69, 9.17) is 15.2 Å². The van der Waals surface area contributed by atoms with Crippen molar-refractivity contribution in [3.8, 4) is 5.75 Å². The van der Waals surface area contributed by atoms with E-state index in [1.807, 2.05) is 25.1 Å². The fourth-order valence-electron chi connectivity index (χ4n) is 2.61. The van der Waals surface area contributed by atoms with Gasteiger partial charge in [-0.05, 0) is 44.2 Å². The van der Waals surface area contributed by atoms with Gasteiger partial charge >= 0.3 is 0 Å². The van der Waals surface area contributed by atoms with Gasteiger partial charge in [0.05, 0.1) is 11.6 Å². The minimum Gasteiger partial charge on any atom is -0.491 e. The molecule has 1 aliphatic heterocycles. The zero-order valence-corrected chi connectivity index (χ0v) is 14.3. The molecule has 1 atom stereocenters. The highest BCUT2D eigenvalue weighted by molar-refractivity contribution is 5.88. The third kappa shape index (κ3) is 4.59. The summed E-state index contributed by atoms with van der Waals surface area (Å²) >= 11 is 0. The highest BCUT2D eigenvalue weighted by Gasteiger charge is 2.45. The van der Waals surface area contributed by atoms with Gasteiger partial charge in [0, 0.05) is 18.7 Å². The molecule has 1 heterocycles. The quantitative estimate of drug-likeness (QED) is 0.831. The van der Waals surface area contributed by atoms with E-state index >= 15 is 0 Å². The molecule has 1 aromatic rings. The maximum absolute atomic E-state index is 11.9. The van der Waals surface area contributed by atoms with Crippen molar-refractivity contribution in [2.45, 2.75) is 50.8 Å². The van der Waals surface area contributed by atoms with E-state index in [1.54, 1.807) is 0 Å². The van der Waals surface area contributed by atoms with Gasteiger partial charge in [-0.3, -0.25) is 4.79 Å². The molecule has 0 radical (unpaired) electrons. The molecule has 3 rings (SSSR count). The van der Waals surface area contributed by atoms with Crippen molar-refractivity contribution in [1.82, 2.24) is 5.32 Å². The van der Waals surface area contributed by atoms with Gasteiger partial charge in [0.2, 0.25) is 5.91 Å². The smallest absolute Gasteiger partial charge is 0.240 e. The van der Waals surface area contributed by atoms with E-state index in [9.17, 15) is 4.79 Å². The number of hydrogen-bond donors (Lipinski definition) is 2. The Morgan fingerprint density at radius 2 is 2.26 bits per heavy atom. The van der Waals surface area contributed by atoms with Gasteiger partial charge in [0.25, 0.3) is 0 Å². The molecule has 2 aliphatic rings. The standard InChI is InChI=1S/C17H24N2O3.ClH/c1-12-4-5-13(10-19-16(20)17(18)6-7-17)15(9-12)22-11-14-3-2-8-21-14;/h4-5,9,14H,2-3,6-8,10-11,18H2,1H3,(H,19,20);1H. The van der Waals surface area contributed by atoms with E-state index in [2.05, 4.69) is 5.32 Å². The maximum Gasteiger partial charge on any atom is 0.240 e. The van der Waals surface area contributed by atoms with Crippen LogP contribution in [0, 0.1) is 6.92 Å². The molecule has 128 valence electrons. The van der Waals surface area contributed by atoms with Crippen molar-refractivity contribution < 1.29 is 14.3 Å². The molecule has 0 aromatic heterocycles. The van der Waals surface area contributed by atoms with Gasteiger partial charge in [-0.25, -0.2) is 0 Å². The number of hydrogen-bond acceptors (Lipinski definition) is 4. The van der Waals surface area contributed by atoms with Crippen molar-refractivity contribution in [2.24, 2.45) is 5.73 Å². The second-order valence-corrected chi connectivity index (χ2v) is 6.40. The number of carbonyl (C=O) groups excluding carboxylic acids is 1.